The fraction of sp³-hybridized carbons (Fsp3) is 0.261. The van der Waals surface area contributed by atoms with Crippen LogP contribution in [0.15, 0.2) is 48.5 Å². The largest absolute Gasteiger partial charge is 0.478 e. The lowest BCUT2D eigenvalue weighted by Gasteiger charge is -2.36. The van der Waals surface area contributed by atoms with Gasteiger partial charge in [0.05, 0.1) is 22.5 Å². The zero-order chi connectivity index (χ0) is 23.5. The summed E-state index contributed by atoms with van der Waals surface area (Å²) < 4.78 is 38.7. The molecule has 0 unspecified atom stereocenters. The average molecular weight is 446 g/mol. The van der Waals surface area contributed by atoms with Crippen molar-refractivity contribution in [2.24, 2.45) is 0 Å². The van der Waals surface area contributed by atoms with E-state index >= 15 is 0 Å². The number of halogens is 3. The van der Waals surface area contributed by atoms with Gasteiger partial charge in [-0.05, 0) is 48.4 Å². The number of hydrogen-bond acceptors (Lipinski definition) is 3. The third-order valence-corrected chi connectivity index (χ3v) is 5.03. The molecule has 0 bridgehead atoms. The molecule has 9 heteroatoms. The van der Waals surface area contributed by atoms with Crippen molar-refractivity contribution < 1.29 is 32.7 Å². The van der Waals surface area contributed by atoms with Crippen molar-refractivity contribution in [2.75, 3.05) is 22.9 Å². The molecule has 0 fully saturated rings. The van der Waals surface area contributed by atoms with Gasteiger partial charge in [-0.2, -0.15) is 13.2 Å². The average Bonchev–Trinajstić information content (AvgIpc) is 2.75. The normalized spacial score (nSPS) is 14.1. The number of carboxylic acids is 1. The summed E-state index contributed by atoms with van der Waals surface area (Å²) in [6.45, 7) is 2.10. The van der Waals surface area contributed by atoms with Crippen LogP contribution in [0.1, 0.15) is 41.3 Å². The van der Waals surface area contributed by atoms with Crippen LogP contribution in [0.2, 0.25) is 0 Å². The first-order chi connectivity index (χ1) is 15.1. The molecule has 2 aromatic rings. The first-order valence-corrected chi connectivity index (χ1v) is 9.96. The molecule has 0 aliphatic carbocycles. The number of carbonyl (C=O) groups is 3. The quantitative estimate of drug-likeness (QED) is 0.658. The van der Waals surface area contributed by atoms with Gasteiger partial charge < -0.3 is 10.0 Å². The number of alkyl halides is 3. The molecule has 1 aliphatic heterocycles. The highest BCUT2D eigenvalue weighted by molar-refractivity contribution is 6.15. The summed E-state index contributed by atoms with van der Waals surface area (Å²) in [5.74, 6) is -2.15. The number of nitrogens with zero attached hydrogens (tertiary/aromatic N) is 2. The zero-order valence-electron chi connectivity index (χ0n) is 17.2. The van der Waals surface area contributed by atoms with E-state index in [0.717, 1.165) is 36.0 Å². The van der Waals surface area contributed by atoms with Crippen LogP contribution >= 0.6 is 0 Å². The number of rotatable bonds is 6. The van der Waals surface area contributed by atoms with E-state index in [1.54, 1.807) is 0 Å². The fourth-order valence-corrected chi connectivity index (χ4v) is 3.38. The van der Waals surface area contributed by atoms with Gasteiger partial charge in [-0.3, -0.25) is 14.5 Å². The van der Waals surface area contributed by atoms with Crippen molar-refractivity contribution in [3.8, 4) is 0 Å². The van der Waals surface area contributed by atoms with E-state index in [2.05, 4.69) is 0 Å². The van der Waals surface area contributed by atoms with E-state index in [4.69, 9.17) is 0 Å². The van der Waals surface area contributed by atoms with Gasteiger partial charge in [0.1, 0.15) is 6.54 Å². The molecule has 2 amide bonds. The maximum absolute atomic E-state index is 12.9. The van der Waals surface area contributed by atoms with Gasteiger partial charge in [0.15, 0.2) is 0 Å². The molecule has 2 aromatic carbocycles. The summed E-state index contributed by atoms with van der Waals surface area (Å²) in [4.78, 5) is 39.6. The number of benzene rings is 2. The molecule has 1 N–H and O–H groups in total. The van der Waals surface area contributed by atoms with Gasteiger partial charge in [0.2, 0.25) is 5.91 Å². The Labute approximate surface area is 182 Å². The minimum atomic E-state index is -4.51. The summed E-state index contributed by atoms with van der Waals surface area (Å²) in [6, 6.07) is 8.66. The molecule has 32 heavy (non-hydrogen) atoms. The maximum atomic E-state index is 12.9. The monoisotopic (exact) mass is 446 g/mol. The van der Waals surface area contributed by atoms with Crippen LogP contribution in [0.25, 0.3) is 6.08 Å². The zero-order valence-corrected chi connectivity index (χ0v) is 17.2. The molecule has 1 aliphatic rings. The highest BCUT2D eigenvalue weighted by Crippen LogP contribution is 2.35. The predicted molar refractivity (Wildman–Crippen MR) is 113 cm³/mol. The Bertz CT molecular complexity index is 1080. The van der Waals surface area contributed by atoms with Crippen molar-refractivity contribution in [2.45, 2.75) is 25.9 Å². The van der Waals surface area contributed by atoms with Gasteiger partial charge in [-0.25, -0.2) is 4.79 Å². The number of fused-ring (bicyclic) bond motifs is 1. The molecule has 0 saturated carbocycles. The number of carboxylic acid groups (broad SMARTS) is 1. The van der Waals surface area contributed by atoms with Crippen LogP contribution in [-0.4, -0.2) is 36.0 Å². The van der Waals surface area contributed by atoms with Crippen LogP contribution in [0.5, 0.6) is 0 Å². The Kier molecular flexibility index (Phi) is 6.67. The lowest BCUT2D eigenvalue weighted by Crippen LogP contribution is -2.48. The molecule has 0 aromatic heterocycles. The van der Waals surface area contributed by atoms with Crippen LogP contribution in [0, 0.1) is 0 Å². The maximum Gasteiger partial charge on any atom is 0.416 e. The molecule has 168 valence electrons. The second-order valence-corrected chi connectivity index (χ2v) is 7.29. The molecular formula is C23H21F3N2O4. The molecular weight excluding hydrogens is 425 g/mol. The van der Waals surface area contributed by atoms with E-state index < -0.39 is 23.6 Å². The highest BCUT2D eigenvalue weighted by atomic mass is 19.4. The molecule has 3 rings (SSSR count). The number of carbonyl (C=O) groups excluding carboxylic acids is 2. The van der Waals surface area contributed by atoms with Crippen LogP contribution in [0.3, 0.4) is 0 Å². The molecule has 1 heterocycles. The minimum absolute atomic E-state index is 0.0480. The number of amides is 2. The first kappa shape index (κ1) is 23.1. The third-order valence-electron chi connectivity index (χ3n) is 5.03. The lowest BCUT2D eigenvalue weighted by atomic mass is 10.1. The highest BCUT2D eigenvalue weighted by Gasteiger charge is 2.32. The van der Waals surface area contributed by atoms with Gasteiger partial charge in [0.25, 0.3) is 5.91 Å². The number of hydrogen-bond donors (Lipinski definition) is 1. The van der Waals surface area contributed by atoms with E-state index in [1.807, 2.05) is 6.92 Å². The van der Waals surface area contributed by atoms with E-state index in [-0.39, 0.29) is 29.3 Å². The molecule has 0 spiro atoms. The van der Waals surface area contributed by atoms with Gasteiger partial charge in [-0.1, -0.05) is 25.5 Å². The Morgan fingerprint density at radius 1 is 1.12 bits per heavy atom. The van der Waals surface area contributed by atoms with Gasteiger partial charge >= 0.3 is 12.1 Å². The fourth-order valence-electron chi connectivity index (χ4n) is 3.38. The summed E-state index contributed by atoms with van der Waals surface area (Å²) in [7, 11) is 0. The lowest BCUT2D eigenvalue weighted by molar-refractivity contribution is -0.137. The van der Waals surface area contributed by atoms with Gasteiger partial charge in [0, 0.05) is 12.6 Å². The van der Waals surface area contributed by atoms with E-state index in [0.29, 0.717) is 12.2 Å². The summed E-state index contributed by atoms with van der Waals surface area (Å²) in [5, 5.41) is 9.32. The topological polar surface area (TPSA) is 77.9 Å². The van der Waals surface area contributed by atoms with Crippen molar-refractivity contribution in [1.29, 1.82) is 0 Å². The Morgan fingerprint density at radius 2 is 1.88 bits per heavy atom. The Hall–Kier alpha value is -3.62. The second-order valence-electron chi connectivity index (χ2n) is 7.29. The van der Waals surface area contributed by atoms with Crippen molar-refractivity contribution >= 4 is 35.2 Å². The Morgan fingerprint density at radius 3 is 2.53 bits per heavy atom. The standard InChI is InChI=1S/C23H21F3N2O4/c1-2-3-11-27-18-9-8-16(22(31)32)13-19(18)28(14-21(27)30)20(29)10-7-15-5-4-6-17(12-15)23(24,25)26/h4-10,12-13H,2-3,11,14H2,1H3,(H,31,32)/b10-7+. The number of aromatic carboxylic acids is 1. The smallest absolute Gasteiger partial charge is 0.416 e. The summed E-state index contributed by atoms with van der Waals surface area (Å²) in [5.41, 5.74) is -0.0446. The predicted octanol–water partition coefficient (Wildman–Crippen LogP) is 4.60. The van der Waals surface area contributed by atoms with E-state index in [1.165, 1.54) is 41.3 Å². The molecule has 0 atom stereocenters. The van der Waals surface area contributed by atoms with Crippen molar-refractivity contribution in [3.05, 3.63) is 65.2 Å². The van der Waals surface area contributed by atoms with Crippen LogP contribution in [-0.2, 0) is 15.8 Å². The third kappa shape index (κ3) is 4.99. The molecule has 0 saturated heterocycles. The summed E-state index contributed by atoms with van der Waals surface area (Å²) in [6.07, 6.45) is -0.640. The van der Waals surface area contributed by atoms with Crippen molar-refractivity contribution in [3.63, 3.8) is 0 Å². The van der Waals surface area contributed by atoms with Crippen LogP contribution < -0.4 is 9.80 Å². The van der Waals surface area contributed by atoms with Crippen molar-refractivity contribution in [1.82, 2.24) is 0 Å². The molecule has 6 nitrogen and oxygen atoms in total. The van der Waals surface area contributed by atoms with E-state index in [9.17, 15) is 32.7 Å². The Balaban J connectivity index is 1.94. The number of unbranched alkanes of at least 4 members (excludes halogenated alkanes) is 1. The SMILES string of the molecule is CCCCN1C(=O)CN(C(=O)/C=C/c2cccc(C(F)(F)F)c2)c2cc(C(=O)O)ccc21. The minimum Gasteiger partial charge on any atom is -0.478 e. The first-order valence-electron chi connectivity index (χ1n) is 9.96. The van der Waals surface area contributed by atoms with Crippen LogP contribution in [0.4, 0.5) is 24.5 Å². The second kappa shape index (κ2) is 9.25. The number of anilines is 2. The van der Waals surface area contributed by atoms with Gasteiger partial charge in [-0.15, -0.1) is 0 Å². The molecule has 0 radical (unpaired) electrons. The summed E-state index contributed by atoms with van der Waals surface area (Å²) >= 11 is 0.